The zero-order chi connectivity index (χ0) is 13.5. The van der Waals surface area contributed by atoms with Crippen LogP contribution in [0.15, 0.2) is 12.1 Å². The average molecular weight is 470 g/mol. The van der Waals surface area contributed by atoms with Crippen LogP contribution in [0.5, 0.6) is 0 Å². The summed E-state index contributed by atoms with van der Waals surface area (Å²) in [6, 6.07) is 4.20. The van der Waals surface area contributed by atoms with Crippen molar-refractivity contribution < 1.29 is 4.79 Å². The molecule has 1 aliphatic rings. The molecule has 1 atom stereocenters. The Kier molecular flexibility index (Phi) is 4.23. The molecule has 0 unspecified atom stereocenters. The predicted octanol–water partition coefficient (Wildman–Crippen LogP) is 2.57. The molecule has 98 valence electrons. The Hall–Kier alpha value is 0.110. The summed E-state index contributed by atoms with van der Waals surface area (Å²) in [6.07, 6.45) is 0.738. The molecule has 18 heavy (non-hydrogen) atoms. The number of halogens is 2. The van der Waals surface area contributed by atoms with Crippen molar-refractivity contribution in [1.82, 2.24) is 10.6 Å². The first-order valence-electron chi connectivity index (χ1n) is 5.83. The largest absolute Gasteiger partial charge is 0.337 e. The normalized spacial score (nSPS) is 22.1. The van der Waals surface area contributed by atoms with Crippen LogP contribution in [0.1, 0.15) is 25.0 Å². The summed E-state index contributed by atoms with van der Waals surface area (Å²) in [7, 11) is 0. The zero-order valence-electron chi connectivity index (χ0n) is 10.6. The van der Waals surface area contributed by atoms with Crippen LogP contribution in [0, 0.1) is 14.1 Å². The van der Waals surface area contributed by atoms with Gasteiger partial charge in [0.2, 0.25) is 5.91 Å². The molecule has 0 spiro atoms. The van der Waals surface area contributed by atoms with Gasteiger partial charge in [0.1, 0.15) is 0 Å². The van der Waals surface area contributed by atoms with Crippen LogP contribution >= 0.6 is 45.2 Å². The summed E-state index contributed by atoms with van der Waals surface area (Å²) >= 11 is 4.70. The summed E-state index contributed by atoms with van der Waals surface area (Å²) in [5.74, 6) is 0.0885. The maximum absolute atomic E-state index is 11.9. The van der Waals surface area contributed by atoms with Crippen molar-refractivity contribution in [1.29, 1.82) is 0 Å². The fourth-order valence-corrected chi connectivity index (χ4v) is 4.02. The highest BCUT2D eigenvalue weighted by Crippen LogP contribution is 2.22. The summed E-state index contributed by atoms with van der Waals surface area (Å²) in [4.78, 5) is 11.9. The van der Waals surface area contributed by atoms with Gasteiger partial charge in [-0.15, -0.1) is 0 Å². The van der Waals surface area contributed by atoms with E-state index in [-0.39, 0.29) is 17.6 Å². The first-order chi connectivity index (χ1) is 8.28. The second-order valence-electron chi connectivity index (χ2n) is 5.20. The molecule has 0 saturated carbocycles. The first kappa shape index (κ1) is 14.5. The highest BCUT2D eigenvalue weighted by molar-refractivity contribution is 14.1. The minimum atomic E-state index is -0.299. The molecule has 3 nitrogen and oxygen atoms in total. The number of nitrogens with one attached hydrogen (secondary N) is 2. The molecule has 5 heteroatoms. The van der Waals surface area contributed by atoms with Crippen molar-refractivity contribution >= 4 is 51.1 Å². The first-order valence-corrected chi connectivity index (χ1v) is 7.98. The molecule has 1 heterocycles. The van der Waals surface area contributed by atoms with Gasteiger partial charge in [-0.1, -0.05) is 0 Å². The van der Waals surface area contributed by atoms with Crippen LogP contribution < -0.4 is 10.6 Å². The Morgan fingerprint density at radius 2 is 1.83 bits per heavy atom. The molecular formula is C13H16I2N2O. The molecule has 1 fully saturated rings. The van der Waals surface area contributed by atoms with E-state index < -0.39 is 0 Å². The van der Waals surface area contributed by atoms with E-state index in [1.54, 1.807) is 0 Å². The van der Waals surface area contributed by atoms with E-state index in [9.17, 15) is 4.79 Å². The van der Waals surface area contributed by atoms with E-state index in [1.165, 1.54) is 18.3 Å². The number of benzene rings is 1. The molecule has 0 aromatic heterocycles. The number of carbonyl (C=O) groups excluding carboxylic acids is 1. The van der Waals surface area contributed by atoms with Crippen molar-refractivity contribution in [2.75, 3.05) is 0 Å². The number of amides is 1. The third kappa shape index (κ3) is 3.16. The number of carbonyl (C=O) groups is 1. The average Bonchev–Trinajstić information content (AvgIpc) is 2.48. The molecule has 2 rings (SSSR count). The Morgan fingerprint density at radius 3 is 2.28 bits per heavy atom. The van der Waals surface area contributed by atoms with Crippen molar-refractivity contribution in [3.05, 3.63) is 30.4 Å². The van der Waals surface area contributed by atoms with Crippen molar-refractivity contribution in [3.63, 3.8) is 0 Å². The Balaban J connectivity index is 2.18. The van der Waals surface area contributed by atoms with Crippen molar-refractivity contribution in [2.24, 2.45) is 0 Å². The fraction of sp³-hybridized carbons (Fsp3) is 0.462. The lowest BCUT2D eigenvalue weighted by Gasteiger charge is -2.18. The topological polar surface area (TPSA) is 41.1 Å². The number of hydrogen-bond donors (Lipinski definition) is 2. The molecule has 0 radical (unpaired) electrons. The molecule has 1 saturated heterocycles. The van der Waals surface area contributed by atoms with Crippen LogP contribution in [0.2, 0.25) is 0 Å². The van der Waals surface area contributed by atoms with E-state index in [4.69, 9.17) is 0 Å². The molecule has 2 N–H and O–H groups in total. The molecule has 1 aliphatic heterocycles. The summed E-state index contributed by atoms with van der Waals surface area (Å²) in [6.45, 7) is 6.08. The van der Waals surface area contributed by atoms with E-state index in [0.717, 1.165) is 6.42 Å². The standard InChI is InChI=1S/C13H16I2N2O/c1-7-9(14)4-8(5-10(7)15)6-11-12(18)17-13(2,3)16-11/h4-5,11,16H,6H2,1-3H3,(H,17,18)/t11-/m0/s1. The Morgan fingerprint density at radius 1 is 1.28 bits per heavy atom. The molecule has 1 aromatic rings. The van der Waals surface area contributed by atoms with Gasteiger partial charge in [-0.2, -0.15) is 0 Å². The van der Waals surface area contributed by atoms with Gasteiger partial charge >= 0.3 is 0 Å². The van der Waals surface area contributed by atoms with Gasteiger partial charge in [-0.3, -0.25) is 10.1 Å². The second kappa shape index (κ2) is 5.24. The third-order valence-electron chi connectivity index (χ3n) is 3.07. The van der Waals surface area contributed by atoms with Gasteiger partial charge in [0.05, 0.1) is 11.7 Å². The summed E-state index contributed by atoms with van der Waals surface area (Å²) in [5, 5.41) is 6.27. The maximum atomic E-state index is 11.9. The van der Waals surface area contributed by atoms with Crippen LogP contribution in [0.25, 0.3) is 0 Å². The van der Waals surface area contributed by atoms with Crippen molar-refractivity contribution in [2.45, 2.75) is 38.9 Å². The molecule has 1 amide bonds. The number of rotatable bonds is 2. The van der Waals surface area contributed by atoms with Gasteiger partial charge in [0.25, 0.3) is 0 Å². The fourth-order valence-electron chi connectivity index (χ4n) is 2.13. The zero-order valence-corrected chi connectivity index (χ0v) is 14.9. The van der Waals surface area contributed by atoms with E-state index >= 15 is 0 Å². The molecule has 0 bridgehead atoms. The smallest absolute Gasteiger partial charge is 0.238 e. The highest BCUT2D eigenvalue weighted by Gasteiger charge is 2.36. The Bertz CT molecular complexity index is 477. The molecule has 0 aliphatic carbocycles. The minimum Gasteiger partial charge on any atom is -0.337 e. The lowest BCUT2D eigenvalue weighted by atomic mass is 10.0. The predicted molar refractivity (Wildman–Crippen MR) is 89.5 cm³/mol. The van der Waals surface area contributed by atoms with Crippen molar-refractivity contribution in [3.8, 4) is 0 Å². The summed E-state index contributed by atoms with van der Waals surface area (Å²) in [5.41, 5.74) is 2.22. The maximum Gasteiger partial charge on any atom is 0.238 e. The highest BCUT2D eigenvalue weighted by atomic mass is 127. The lowest BCUT2D eigenvalue weighted by Crippen LogP contribution is -2.44. The van der Waals surface area contributed by atoms with Crippen LogP contribution in [-0.2, 0) is 11.2 Å². The van der Waals surface area contributed by atoms with E-state index in [2.05, 4.69) is 74.9 Å². The summed E-state index contributed by atoms with van der Waals surface area (Å²) < 4.78 is 2.51. The Labute approximate surface area is 135 Å². The van der Waals surface area contributed by atoms with Crippen LogP contribution in [0.4, 0.5) is 0 Å². The monoisotopic (exact) mass is 470 g/mol. The van der Waals surface area contributed by atoms with E-state index in [1.807, 2.05) is 13.8 Å². The molecule has 1 aromatic carbocycles. The van der Waals surface area contributed by atoms with Gasteiger partial charge < -0.3 is 5.32 Å². The van der Waals surface area contributed by atoms with E-state index in [0.29, 0.717) is 0 Å². The van der Waals surface area contributed by atoms with Gasteiger partial charge in [0.15, 0.2) is 0 Å². The molecular weight excluding hydrogens is 454 g/mol. The third-order valence-corrected chi connectivity index (χ3v) is 5.31. The van der Waals surface area contributed by atoms with Crippen LogP contribution in [-0.4, -0.2) is 17.6 Å². The minimum absolute atomic E-state index is 0.0885. The lowest BCUT2D eigenvalue weighted by molar-refractivity contribution is -0.120. The number of hydrogen-bond acceptors (Lipinski definition) is 2. The van der Waals surface area contributed by atoms with Crippen LogP contribution in [0.3, 0.4) is 0 Å². The van der Waals surface area contributed by atoms with Gasteiger partial charge in [0, 0.05) is 7.14 Å². The SMILES string of the molecule is Cc1c(I)cc(C[C@@H]2NC(C)(C)NC2=O)cc1I. The quantitative estimate of drug-likeness (QED) is 0.653. The van der Waals surface area contributed by atoms with Gasteiger partial charge in [-0.05, 0) is 95.6 Å². The van der Waals surface area contributed by atoms with Gasteiger partial charge in [-0.25, -0.2) is 0 Å². The second-order valence-corrected chi connectivity index (χ2v) is 7.52.